The predicted octanol–water partition coefficient (Wildman–Crippen LogP) is 13.8. The summed E-state index contributed by atoms with van der Waals surface area (Å²) in [5, 5.41) is 9.49. The number of benzene rings is 6. The Morgan fingerprint density at radius 3 is 1.04 bits per heavy atom. The molecule has 0 bridgehead atoms. The van der Waals surface area contributed by atoms with Gasteiger partial charge in [0, 0.05) is 21.4 Å². The molecule has 0 aliphatic heterocycles. The molecule has 1 radical (unpaired) electrons. The SMILES string of the molecule is Brc1ccc(C(=CC=Nc2ccccc2)[N-]c2ccccc2)cc1.Brc1ccc(C(=CC=Nc2ccccc2)[N-]c2ccccc2)cc1.[Co+2]. The maximum Gasteiger partial charge on any atom is 2.00 e. The van der Waals surface area contributed by atoms with Crippen molar-refractivity contribution in [2.24, 2.45) is 9.98 Å². The zero-order valence-corrected chi connectivity index (χ0v) is 30.6. The summed E-state index contributed by atoms with van der Waals surface area (Å²) in [7, 11) is 0. The number of rotatable bonds is 10. The van der Waals surface area contributed by atoms with Gasteiger partial charge in [-0.15, -0.1) is 22.8 Å². The maximum absolute atomic E-state index is 4.74. The van der Waals surface area contributed by atoms with E-state index in [9.17, 15) is 0 Å². The molecule has 0 fully saturated rings. The molecule has 0 spiro atoms. The smallest absolute Gasteiger partial charge is 0.657 e. The molecule has 0 saturated heterocycles. The first-order valence-electron chi connectivity index (χ1n) is 15.3. The third-order valence-electron chi connectivity index (χ3n) is 6.72. The second kappa shape index (κ2) is 20.5. The van der Waals surface area contributed by atoms with Crippen LogP contribution in [0.2, 0.25) is 0 Å². The van der Waals surface area contributed by atoms with E-state index in [0.29, 0.717) is 0 Å². The Bertz CT molecular complexity index is 1800. The molecule has 6 rings (SSSR count). The zero-order valence-electron chi connectivity index (χ0n) is 26.4. The van der Waals surface area contributed by atoms with Crippen LogP contribution >= 0.6 is 31.9 Å². The first-order valence-corrected chi connectivity index (χ1v) is 16.9. The second-order valence-electron chi connectivity index (χ2n) is 10.2. The summed E-state index contributed by atoms with van der Waals surface area (Å²) in [6, 6.07) is 55.8. The molecule has 0 heterocycles. The second-order valence-corrected chi connectivity index (χ2v) is 12.1. The minimum absolute atomic E-state index is 0. The molecule has 6 aromatic carbocycles. The summed E-state index contributed by atoms with van der Waals surface area (Å²) in [5.41, 5.74) is 7.50. The quantitative estimate of drug-likeness (QED) is 0.124. The van der Waals surface area contributed by atoms with Crippen LogP contribution in [0.25, 0.3) is 22.0 Å². The predicted molar refractivity (Wildman–Crippen MR) is 212 cm³/mol. The monoisotopic (exact) mass is 809 g/mol. The summed E-state index contributed by atoms with van der Waals surface area (Å²) in [4.78, 5) is 8.92. The Morgan fingerprint density at radius 1 is 0.408 bits per heavy atom. The van der Waals surface area contributed by atoms with Gasteiger partial charge in [0.2, 0.25) is 0 Å². The molecule has 0 aromatic heterocycles. The summed E-state index contributed by atoms with van der Waals surface area (Å²) < 4.78 is 2.09. The van der Waals surface area contributed by atoms with Crippen molar-refractivity contribution in [2.75, 3.05) is 0 Å². The van der Waals surface area contributed by atoms with Crippen molar-refractivity contribution in [1.82, 2.24) is 0 Å². The molecule has 0 aliphatic rings. The van der Waals surface area contributed by atoms with Crippen LogP contribution in [0.15, 0.2) is 201 Å². The van der Waals surface area contributed by atoms with E-state index in [2.05, 4.69) is 41.8 Å². The van der Waals surface area contributed by atoms with Gasteiger partial charge in [-0.3, -0.25) is 9.98 Å². The molecule has 49 heavy (non-hydrogen) atoms. The van der Waals surface area contributed by atoms with Crippen LogP contribution in [0.5, 0.6) is 0 Å². The van der Waals surface area contributed by atoms with Crippen molar-refractivity contribution in [3.05, 3.63) is 213 Å². The summed E-state index contributed by atoms with van der Waals surface area (Å²) >= 11 is 6.94. The Hall–Kier alpha value is -4.79. The average molecular weight is 811 g/mol. The van der Waals surface area contributed by atoms with E-state index in [0.717, 1.165) is 54.2 Å². The van der Waals surface area contributed by atoms with E-state index >= 15 is 0 Å². The molecule has 4 nitrogen and oxygen atoms in total. The van der Waals surface area contributed by atoms with Gasteiger partial charge >= 0.3 is 16.8 Å². The third-order valence-corrected chi connectivity index (χ3v) is 7.77. The average Bonchev–Trinajstić information content (AvgIpc) is 3.14. The Balaban J connectivity index is 0.000000216. The van der Waals surface area contributed by atoms with Crippen LogP contribution in [-0.2, 0) is 16.8 Å². The van der Waals surface area contributed by atoms with E-state index < -0.39 is 0 Å². The molecule has 0 saturated carbocycles. The maximum atomic E-state index is 4.74. The zero-order chi connectivity index (χ0) is 33.2. The van der Waals surface area contributed by atoms with Gasteiger partial charge in [-0.2, -0.15) is 0 Å². The molecule has 7 heteroatoms. The number of aliphatic imine (C=N–C) groups is 2. The largest absolute Gasteiger partial charge is 2.00 e. The number of allylic oxidation sites excluding steroid dienone is 2. The van der Waals surface area contributed by atoms with Crippen molar-refractivity contribution >= 4 is 78.4 Å². The Labute approximate surface area is 315 Å². The summed E-state index contributed by atoms with van der Waals surface area (Å²) in [6.45, 7) is 0. The minimum atomic E-state index is 0. The van der Waals surface area contributed by atoms with Crippen LogP contribution in [-0.4, -0.2) is 12.4 Å². The van der Waals surface area contributed by atoms with Crippen molar-refractivity contribution in [2.45, 2.75) is 0 Å². The molecular weight excluding hydrogens is 779 g/mol. The summed E-state index contributed by atoms with van der Waals surface area (Å²) in [6.07, 6.45) is 7.45. The number of nitrogens with zero attached hydrogens (tertiary/aromatic N) is 4. The van der Waals surface area contributed by atoms with Gasteiger partial charge in [0.05, 0.1) is 11.4 Å². The van der Waals surface area contributed by atoms with Gasteiger partial charge in [-0.05, 0) is 59.7 Å². The van der Waals surface area contributed by atoms with Gasteiger partial charge in [-0.1, -0.05) is 165 Å². The third kappa shape index (κ3) is 13.0. The fourth-order valence-electron chi connectivity index (χ4n) is 4.34. The number of halogens is 2. The fraction of sp³-hybridized carbons (Fsp3) is 0. The molecule has 0 unspecified atom stereocenters. The Kier molecular flexibility index (Phi) is 15.5. The standard InChI is InChI=1S/2C21H16BrN2.Co/c2*22-18-13-11-17(12-14-18)21(24-20-9-5-2-6-10-20)15-16-23-19-7-3-1-4-8-19;/h2*1-16H;/q2*-1;+2. The van der Waals surface area contributed by atoms with Crippen LogP contribution in [0.4, 0.5) is 22.7 Å². The van der Waals surface area contributed by atoms with Crippen molar-refractivity contribution < 1.29 is 16.8 Å². The van der Waals surface area contributed by atoms with Crippen LogP contribution in [0.1, 0.15) is 11.1 Å². The topological polar surface area (TPSA) is 52.9 Å². The molecule has 243 valence electrons. The molecule has 6 aromatic rings. The van der Waals surface area contributed by atoms with Gasteiger partial charge in [0.15, 0.2) is 0 Å². The van der Waals surface area contributed by atoms with Gasteiger partial charge in [0.1, 0.15) is 0 Å². The van der Waals surface area contributed by atoms with Gasteiger partial charge < -0.3 is 10.6 Å². The molecule has 0 amide bonds. The minimum Gasteiger partial charge on any atom is -0.657 e. The number of para-hydroxylation sites is 4. The van der Waals surface area contributed by atoms with E-state index in [1.807, 2.05) is 182 Å². The van der Waals surface area contributed by atoms with E-state index in [-0.39, 0.29) is 16.8 Å². The molecule has 0 N–H and O–H groups in total. The Morgan fingerprint density at radius 2 is 0.714 bits per heavy atom. The van der Waals surface area contributed by atoms with Crippen LogP contribution in [0.3, 0.4) is 0 Å². The van der Waals surface area contributed by atoms with Crippen molar-refractivity contribution in [3.63, 3.8) is 0 Å². The van der Waals surface area contributed by atoms with E-state index in [1.54, 1.807) is 12.4 Å². The molecule has 0 aliphatic carbocycles. The number of hydrogen-bond acceptors (Lipinski definition) is 2. The first-order chi connectivity index (χ1) is 23.6. The van der Waals surface area contributed by atoms with E-state index in [4.69, 9.17) is 10.6 Å². The van der Waals surface area contributed by atoms with Crippen molar-refractivity contribution in [3.8, 4) is 0 Å². The number of hydrogen-bond donors (Lipinski definition) is 0. The molecular formula is C42H32Br2CoN4. The van der Waals surface area contributed by atoms with Gasteiger partial charge in [0.25, 0.3) is 0 Å². The van der Waals surface area contributed by atoms with Gasteiger partial charge in [-0.25, -0.2) is 0 Å². The normalized spacial score (nSPS) is 11.4. The first kappa shape index (κ1) is 37.0. The molecule has 0 atom stereocenters. The fourth-order valence-corrected chi connectivity index (χ4v) is 4.87. The van der Waals surface area contributed by atoms with Crippen LogP contribution < -0.4 is 0 Å². The van der Waals surface area contributed by atoms with E-state index in [1.165, 1.54) is 0 Å². The van der Waals surface area contributed by atoms with Crippen molar-refractivity contribution in [1.29, 1.82) is 0 Å². The summed E-state index contributed by atoms with van der Waals surface area (Å²) in [5.74, 6) is 0. The van der Waals surface area contributed by atoms with Crippen LogP contribution in [0, 0.1) is 0 Å².